The summed E-state index contributed by atoms with van der Waals surface area (Å²) in [4.78, 5) is 4.48. The highest BCUT2D eigenvalue weighted by atomic mass is 32.2. The maximum absolute atomic E-state index is 12.2. The fourth-order valence-electron chi connectivity index (χ4n) is 3.42. The summed E-state index contributed by atoms with van der Waals surface area (Å²) in [5.74, 6) is 1.57. The lowest BCUT2D eigenvalue weighted by Gasteiger charge is -2.36. The van der Waals surface area contributed by atoms with Crippen LogP contribution in [-0.4, -0.2) is 31.4 Å². The Kier molecular flexibility index (Phi) is 3.23. The number of ether oxygens (including phenoxy) is 1. The molecular weight excluding hydrogens is 316 g/mol. The van der Waals surface area contributed by atoms with Crippen molar-refractivity contribution in [3.63, 3.8) is 0 Å². The highest BCUT2D eigenvalue weighted by Gasteiger charge is 2.52. The molecule has 7 heteroatoms. The van der Waals surface area contributed by atoms with Crippen molar-refractivity contribution >= 4 is 9.84 Å². The topological polar surface area (TPSA) is 82.3 Å². The number of para-hydroxylation sites is 1. The van der Waals surface area contributed by atoms with E-state index in [-0.39, 0.29) is 5.92 Å². The predicted molar refractivity (Wildman–Crippen MR) is 83.1 cm³/mol. The van der Waals surface area contributed by atoms with Crippen LogP contribution in [0.3, 0.4) is 0 Å². The second-order valence-corrected chi connectivity index (χ2v) is 8.63. The molecule has 122 valence electrons. The maximum Gasteiger partial charge on any atom is 0.234 e. The smallest absolute Gasteiger partial charge is 0.234 e. The van der Waals surface area contributed by atoms with E-state index in [4.69, 9.17) is 9.26 Å². The molecular formula is C16H18N2O4S. The molecule has 1 atom stereocenters. The lowest BCUT2D eigenvalue weighted by atomic mass is 9.83. The summed E-state index contributed by atoms with van der Waals surface area (Å²) >= 11 is 0. The Morgan fingerprint density at radius 2 is 2.04 bits per heavy atom. The molecule has 0 saturated heterocycles. The summed E-state index contributed by atoms with van der Waals surface area (Å²) in [6.45, 7) is 0.580. The molecule has 6 nitrogen and oxygen atoms in total. The molecule has 1 unspecified atom stereocenters. The standard InChI is InChI=1S/C16H18N2O4S/c1-23(19,20)16(8-4-9-16)15-17-14(22-18-15)12-7-10-21-13-6-3-2-5-11(12)13/h2-3,5-6,12H,4,7-10H2,1H3. The van der Waals surface area contributed by atoms with Crippen molar-refractivity contribution in [1.29, 1.82) is 0 Å². The quantitative estimate of drug-likeness (QED) is 0.857. The summed E-state index contributed by atoms with van der Waals surface area (Å²) in [6.07, 6.45) is 4.00. The van der Waals surface area contributed by atoms with Crippen molar-refractivity contribution in [1.82, 2.24) is 10.1 Å². The number of nitrogens with zero attached hydrogens (tertiary/aromatic N) is 2. The Morgan fingerprint density at radius 1 is 1.26 bits per heavy atom. The minimum absolute atomic E-state index is 0.0436. The molecule has 1 saturated carbocycles. The van der Waals surface area contributed by atoms with E-state index in [9.17, 15) is 8.42 Å². The van der Waals surface area contributed by atoms with Gasteiger partial charge in [-0.25, -0.2) is 8.42 Å². The van der Waals surface area contributed by atoms with Crippen LogP contribution in [0.2, 0.25) is 0 Å². The van der Waals surface area contributed by atoms with E-state index in [2.05, 4.69) is 10.1 Å². The number of fused-ring (bicyclic) bond motifs is 1. The van der Waals surface area contributed by atoms with Crippen LogP contribution in [0, 0.1) is 0 Å². The van der Waals surface area contributed by atoms with E-state index in [1.165, 1.54) is 6.26 Å². The molecule has 2 aliphatic rings. The largest absolute Gasteiger partial charge is 0.493 e. The van der Waals surface area contributed by atoms with Crippen molar-refractivity contribution in [2.45, 2.75) is 36.3 Å². The van der Waals surface area contributed by atoms with Crippen LogP contribution in [0.1, 0.15) is 48.9 Å². The van der Waals surface area contributed by atoms with Crippen LogP contribution >= 0.6 is 0 Å². The zero-order valence-corrected chi connectivity index (χ0v) is 13.7. The highest BCUT2D eigenvalue weighted by Crippen LogP contribution is 2.47. The average Bonchev–Trinajstić information content (AvgIpc) is 2.93. The van der Waals surface area contributed by atoms with Gasteiger partial charge in [0.15, 0.2) is 15.7 Å². The molecule has 0 bridgehead atoms. The van der Waals surface area contributed by atoms with E-state index in [1.54, 1.807) is 0 Å². The molecule has 1 fully saturated rings. The van der Waals surface area contributed by atoms with Gasteiger partial charge in [-0.15, -0.1) is 0 Å². The molecule has 1 aromatic carbocycles. The zero-order chi connectivity index (χ0) is 16.1. The van der Waals surface area contributed by atoms with E-state index in [1.807, 2.05) is 24.3 Å². The third-order valence-corrected chi connectivity index (χ3v) is 6.99. The van der Waals surface area contributed by atoms with Crippen LogP contribution in [0.4, 0.5) is 0 Å². The van der Waals surface area contributed by atoms with Crippen molar-refractivity contribution in [3.05, 3.63) is 41.5 Å². The Labute approximate surface area is 134 Å². The van der Waals surface area contributed by atoms with Crippen LogP contribution in [0.15, 0.2) is 28.8 Å². The SMILES string of the molecule is CS(=O)(=O)C1(c2noc(C3CCOc4ccccc43)n2)CCC1. The van der Waals surface area contributed by atoms with Gasteiger partial charge < -0.3 is 9.26 Å². The fourth-order valence-corrected chi connectivity index (χ4v) is 4.86. The number of hydrogen-bond acceptors (Lipinski definition) is 6. The Bertz CT molecular complexity index is 839. The van der Waals surface area contributed by atoms with Crippen molar-refractivity contribution < 1.29 is 17.7 Å². The van der Waals surface area contributed by atoms with E-state index in [0.717, 1.165) is 24.2 Å². The number of benzene rings is 1. The monoisotopic (exact) mass is 334 g/mol. The molecule has 1 aliphatic carbocycles. The van der Waals surface area contributed by atoms with E-state index < -0.39 is 14.6 Å². The lowest BCUT2D eigenvalue weighted by molar-refractivity contribution is 0.255. The first-order valence-electron chi connectivity index (χ1n) is 7.77. The Balaban J connectivity index is 1.73. The first kappa shape index (κ1) is 14.7. The van der Waals surface area contributed by atoms with Gasteiger partial charge in [0.25, 0.3) is 0 Å². The van der Waals surface area contributed by atoms with Gasteiger partial charge in [0.2, 0.25) is 5.89 Å². The molecule has 0 amide bonds. The molecule has 1 aromatic heterocycles. The van der Waals surface area contributed by atoms with Gasteiger partial charge in [0.05, 0.1) is 12.5 Å². The van der Waals surface area contributed by atoms with Gasteiger partial charge in [-0.1, -0.05) is 23.4 Å². The molecule has 0 radical (unpaired) electrons. The van der Waals surface area contributed by atoms with Gasteiger partial charge in [0.1, 0.15) is 10.5 Å². The summed E-state index contributed by atoms with van der Waals surface area (Å²) < 4.78 is 34.5. The summed E-state index contributed by atoms with van der Waals surface area (Å²) in [5, 5.41) is 4.02. The van der Waals surface area contributed by atoms with Crippen LogP contribution in [-0.2, 0) is 14.6 Å². The second kappa shape index (κ2) is 5.06. The van der Waals surface area contributed by atoms with Crippen LogP contribution in [0.5, 0.6) is 5.75 Å². The average molecular weight is 334 g/mol. The number of aromatic nitrogens is 2. The van der Waals surface area contributed by atoms with Crippen molar-refractivity contribution in [2.24, 2.45) is 0 Å². The normalized spacial score (nSPS) is 22.7. The third-order valence-electron chi connectivity index (χ3n) is 4.98. The highest BCUT2D eigenvalue weighted by molar-refractivity contribution is 7.91. The molecule has 2 heterocycles. The summed E-state index contributed by atoms with van der Waals surface area (Å²) in [6, 6.07) is 7.77. The molecule has 0 spiro atoms. The molecule has 2 aromatic rings. The molecule has 0 N–H and O–H groups in total. The second-order valence-electron chi connectivity index (χ2n) is 6.30. The van der Waals surface area contributed by atoms with Gasteiger partial charge in [-0.3, -0.25) is 0 Å². The third kappa shape index (κ3) is 2.17. The zero-order valence-electron chi connectivity index (χ0n) is 12.9. The number of rotatable bonds is 3. The predicted octanol–water partition coefficient (Wildman–Crippen LogP) is 2.41. The van der Waals surface area contributed by atoms with Gasteiger partial charge in [0, 0.05) is 11.8 Å². The Hall–Kier alpha value is -1.89. The van der Waals surface area contributed by atoms with Crippen molar-refractivity contribution in [2.75, 3.05) is 12.9 Å². The van der Waals surface area contributed by atoms with Gasteiger partial charge in [-0.05, 0) is 31.7 Å². The van der Waals surface area contributed by atoms with E-state index in [0.29, 0.717) is 31.2 Å². The number of sulfone groups is 1. The maximum atomic E-state index is 12.2. The minimum atomic E-state index is -3.27. The van der Waals surface area contributed by atoms with Gasteiger partial charge in [-0.2, -0.15) is 4.98 Å². The molecule has 1 aliphatic heterocycles. The summed E-state index contributed by atoms with van der Waals surface area (Å²) in [5.41, 5.74) is 1.01. The summed E-state index contributed by atoms with van der Waals surface area (Å²) in [7, 11) is -3.27. The van der Waals surface area contributed by atoms with E-state index >= 15 is 0 Å². The van der Waals surface area contributed by atoms with Crippen LogP contribution in [0.25, 0.3) is 0 Å². The van der Waals surface area contributed by atoms with Crippen LogP contribution < -0.4 is 4.74 Å². The Morgan fingerprint density at radius 3 is 2.74 bits per heavy atom. The fraction of sp³-hybridized carbons (Fsp3) is 0.500. The molecule has 23 heavy (non-hydrogen) atoms. The lowest BCUT2D eigenvalue weighted by Crippen LogP contribution is -2.42. The molecule has 4 rings (SSSR count). The van der Waals surface area contributed by atoms with Gasteiger partial charge >= 0.3 is 0 Å². The van der Waals surface area contributed by atoms with Crippen molar-refractivity contribution in [3.8, 4) is 5.75 Å². The number of hydrogen-bond donors (Lipinski definition) is 0. The first-order valence-corrected chi connectivity index (χ1v) is 9.66. The minimum Gasteiger partial charge on any atom is -0.493 e. The first-order chi connectivity index (χ1) is 11.0.